The quantitative estimate of drug-likeness (QED) is 0.465. The Morgan fingerprint density at radius 3 is 2.25 bits per heavy atom. The maximum atomic E-state index is 13.4. The fourth-order valence-electron chi connectivity index (χ4n) is 3.24. The molecule has 0 heterocycles. The Morgan fingerprint density at radius 1 is 1.00 bits per heavy atom. The lowest BCUT2D eigenvalue weighted by Gasteiger charge is -2.22. The number of carbonyl (C=O) groups excluding carboxylic acids is 1. The minimum Gasteiger partial charge on any atom is -0.325 e. The molecule has 3 aromatic rings. The van der Waals surface area contributed by atoms with Crippen molar-refractivity contribution in [3.8, 4) is 0 Å². The number of nitrogens with one attached hydrogen (secondary N) is 1. The summed E-state index contributed by atoms with van der Waals surface area (Å²) in [6, 6.07) is 21.1. The van der Waals surface area contributed by atoms with Gasteiger partial charge in [-0.15, -0.1) is 0 Å². The zero-order valence-corrected chi connectivity index (χ0v) is 20.0. The molecular weight excluding hydrogens is 444 g/mol. The van der Waals surface area contributed by atoms with Gasteiger partial charge in [0.15, 0.2) is 0 Å². The van der Waals surface area contributed by atoms with E-state index in [0.717, 1.165) is 11.1 Å². The summed E-state index contributed by atoms with van der Waals surface area (Å²) in [6.07, 6.45) is 0. The summed E-state index contributed by atoms with van der Waals surface area (Å²) in [5, 5.41) is 3.30. The second kappa shape index (κ2) is 10.3. The first kappa shape index (κ1) is 24.0. The van der Waals surface area contributed by atoms with Gasteiger partial charge in [-0.25, -0.2) is 8.42 Å². The van der Waals surface area contributed by atoms with Crippen LogP contribution in [0.1, 0.15) is 36.5 Å². The fraction of sp³-hybridized carbons (Fsp3) is 0.240. The molecular formula is C25H27ClN2O3S. The third-order valence-electron chi connectivity index (χ3n) is 5.09. The van der Waals surface area contributed by atoms with Crippen LogP contribution in [0.15, 0.2) is 77.7 Å². The van der Waals surface area contributed by atoms with Gasteiger partial charge in [-0.3, -0.25) is 4.79 Å². The van der Waals surface area contributed by atoms with Crippen LogP contribution in [0, 0.1) is 6.92 Å². The van der Waals surface area contributed by atoms with Gasteiger partial charge in [-0.2, -0.15) is 4.31 Å². The summed E-state index contributed by atoms with van der Waals surface area (Å²) in [5.74, 6) is -0.0346. The Kier molecular flexibility index (Phi) is 7.72. The Morgan fingerprint density at radius 2 is 1.66 bits per heavy atom. The number of rotatable bonds is 8. The van der Waals surface area contributed by atoms with Crippen molar-refractivity contribution in [1.82, 2.24) is 4.31 Å². The summed E-state index contributed by atoms with van der Waals surface area (Å²) in [4.78, 5) is 12.9. The lowest BCUT2D eigenvalue weighted by atomic mass is 10.0. The highest BCUT2D eigenvalue weighted by Gasteiger charge is 2.27. The van der Waals surface area contributed by atoms with Crippen LogP contribution in [0.5, 0.6) is 0 Å². The lowest BCUT2D eigenvalue weighted by molar-refractivity contribution is -0.116. The number of amides is 1. The molecule has 0 unspecified atom stereocenters. The highest BCUT2D eigenvalue weighted by molar-refractivity contribution is 7.89. The van der Waals surface area contributed by atoms with Gasteiger partial charge in [0.25, 0.3) is 0 Å². The zero-order valence-electron chi connectivity index (χ0n) is 18.4. The average molecular weight is 471 g/mol. The van der Waals surface area contributed by atoms with Crippen LogP contribution in [-0.2, 0) is 21.4 Å². The van der Waals surface area contributed by atoms with Crippen LogP contribution in [0.25, 0.3) is 0 Å². The fourth-order valence-corrected chi connectivity index (χ4v) is 4.83. The molecule has 0 radical (unpaired) electrons. The summed E-state index contributed by atoms with van der Waals surface area (Å²) in [6.45, 7) is 5.78. The van der Waals surface area contributed by atoms with E-state index < -0.39 is 15.9 Å². The second-order valence-corrected chi connectivity index (χ2v) is 10.4. The van der Waals surface area contributed by atoms with Crippen molar-refractivity contribution in [1.29, 1.82) is 0 Å². The van der Waals surface area contributed by atoms with E-state index in [1.54, 1.807) is 48.5 Å². The molecule has 0 aliphatic rings. The predicted octanol–water partition coefficient (Wildman–Crippen LogP) is 5.60. The molecule has 0 spiro atoms. The van der Waals surface area contributed by atoms with Gasteiger partial charge in [0.1, 0.15) is 0 Å². The van der Waals surface area contributed by atoms with Crippen molar-refractivity contribution in [3.63, 3.8) is 0 Å². The first-order valence-electron chi connectivity index (χ1n) is 10.4. The maximum Gasteiger partial charge on any atom is 0.243 e. The molecule has 5 nitrogen and oxygen atoms in total. The zero-order chi connectivity index (χ0) is 23.3. The first-order chi connectivity index (χ1) is 15.1. The number of sulfonamides is 1. The van der Waals surface area contributed by atoms with Gasteiger partial charge in [0.05, 0.1) is 11.4 Å². The molecule has 0 atom stereocenters. The van der Waals surface area contributed by atoms with E-state index in [9.17, 15) is 13.2 Å². The van der Waals surface area contributed by atoms with E-state index in [2.05, 4.69) is 19.2 Å². The van der Waals surface area contributed by atoms with E-state index in [0.29, 0.717) is 22.2 Å². The molecule has 7 heteroatoms. The molecule has 0 saturated heterocycles. The van der Waals surface area contributed by atoms with E-state index in [1.165, 1.54) is 4.31 Å². The third kappa shape index (κ3) is 6.19. The Bertz CT molecular complexity index is 1170. The highest BCUT2D eigenvalue weighted by Crippen LogP contribution is 2.21. The topological polar surface area (TPSA) is 66.5 Å². The SMILES string of the molecule is Cc1ccc(S(=O)(=O)N(CC(=O)Nc2ccc(C(C)C)cc2)Cc2cccc(Cl)c2)cc1. The molecule has 0 aliphatic heterocycles. The largest absolute Gasteiger partial charge is 0.325 e. The molecule has 0 fully saturated rings. The summed E-state index contributed by atoms with van der Waals surface area (Å²) >= 11 is 6.08. The monoisotopic (exact) mass is 470 g/mol. The summed E-state index contributed by atoms with van der Waals surface area (Å²) < 4.78 is 27.9. The molecule has 1 N–H and O–H groups in total. The Labute approximate surface area is 195 Å². The van der Waals surface area contributed by atoms with Crippen LogP contribution in [0.4, 0.5) is 5.69 Å². The van der Waals surface area contributed by atoms with Crippen LogP contribution in [0.2, 0.25) is 5.02 Å². The van der Waals surface area contributed by atoms with Crippen LogP contribution in [-0.4, -0.2) is 25.2 Å². The number of carbonyl (C=O) groups is 1. The molecule has 3 rings (SSSR count). The molecule has 0 bridgehead atoms. The molecule has 0 aliphatic carbocycles. The molecule has 3 aromatic carbocycles. The minimum atomic E-state index is -3.90. The first-order valence-corrected chi connectivity index (χ1v) is 12.2. The highest BCUT2D eigenvalue weighted by atomic mass is 35.5. The number of hydrogen-bond acceptors (Lipinski definition) is 3. The number of aryl methyl sites for hydroxylation is 1. The Balaban J connectivity index is 1.84. The standard InChI is InChI=1S/C25H27ClN2O3S/c1-18(2)21-9-11-23(12-10-21)27-25(29)17-28(16-20-5-4-6-22(26)15-20)32(30,31)24-13-7-19(3)8-14-24/h4-15,18H,16-17H2,1-3H3,(H,27,29). The van der Waals surface area contributed by atoms with Crippen molar-refractivity contribution in [2.45, 2.75) is 38.1 Å². The van der Waals surface area contributed by atoms with Gasteiger partial charge in [0, 0.05) is 17.3 Å². The normalized spacial score (nSPS) is 11.7. The second-order valence-electron chi connectivity index (χ2n) is 8.04. The average Bonchev–Trinajstić information content (AvgIpc) is 2.74. The van der Waals surface area contributed by atoms with Crippen molar-refractivity contribution in [3.05, 3.63) is 94.5 Å². The van der Waals surface area contributed by atoms with Gasteiger partial charge in [0.2, 0.25) is 15.9 Å². The summed E-state index contributed by atoms with van der Waals surface area (Å²) in [5.41, 5.74) is 3.43. The van der Waals surface area contributed by atoms with E-state index >= 15 is 0 Å². The minimum absolute atomic E-state index is 0.0243. The van der Waals surface area contributed by atoms with Gasteiger partial charge in [-0.05, 0) is 60.4 Å². The molecule has 32 heavy (non-hydrogen) atoms. The Hall–Kier alpha value is -2.67. The maximum absolute atomic E-state index is 13.4. The molecule has 1 amide bonds. The van der Waals surface area contributed by atoms with E-state index in [1.807, 2.05) is 31.2 Å². The number of hydrogen-bond donors (Lipinski definition) is 1. The van der Waals surface area contributed by atoms with Gasteiger partial charge < -0.3 is 5.32 Å². The van der Waals surface area contributed by atoms with Crippen molar-refractivity contribution in [2.24, 2.45) is 0 Å². The molecule has 0 aromatic heterocycles. The van der Waals surface area contributed by atoms with Crippen LogP contribution in [0.3, 0.4) is 0 Å². The predicted molar refractivity (Wildman–Crippen MR) is 129 cm³/mol. The summed E-state index contributed by atoms with van der Waals surface area (Å²) in [7, 11) is -3.90. The molecule has 168 valence electrons. The van der Waals surface area contributed by atoms with Crippen molar-refractivity contribution < 1.29 is 13.2 Å². The number of anilines is 1. The number of nitrogens with zero attached hydrogens (tertiary/aromatic N) is 1. The number of halogens is 1. The smallest absolute Gasteiger partial charge is 0.243 e. The van der Waals surface area contributed by atoms with Crippen molar-refractivity contribution >= 4 is 33.2 Å². The van der Waals surface area contributed by atoms with Crippen molar-refractivity contribution in [2.75, 3.05) is 11.9 Å². The third-order valence-corrected chi connectivity index (χ3v) is 7.13. The number of benzene rings is 3. The van der Waals surface area contributed by atoms with Gasteiger partial charge >= 0.3 is 0 Å². The van der Waals surface area contributed by atoms with E-state index in [4.69, 9.17) is 11.6 Å². The molecule has 0 saturated carbocycles. The van der Waals surface area contributed by atoms with Gasteiger partial charge in [-0.1, -0.05) is 67.4 Å². The lowest BCUT2D eigenvalue weighted by Crippen LogP contribution is -2.37. The van der Waals surface area contributed by atoms with Crippen LogP contribution >= 0.6 is 11.6 Å². The van der Waals surface area contributed by atoms with Crippen LogP contribution < -0.4 is 5.32 Å². The van der Waals surface area contributed by atoms with E-state index in [-0.39, 0.29) is 18.0 Å².